The monoisotopic (exact) mass is 541 g/mol. The van der Waals surface area contributed by atoms with E-state index >= 15 is 0 Å². The number of likely N-dealkylation sites (tertiary alicyclic amines) is 1. The Labute approximate surface area is 224 Å². The van der Waals surface area contributed by atoms with Crippen molar-refractivity contribution in [2.75, 3.05) is 20.8 Å². The molecule has 1 aliphatic heterocycles. The van der Waals surface area contributed by atoms with Crippen LogP contribution in [0.4, 0.5) is 0 Å². The van der Waals surface area contributed by atoms with E-state index in [4.69, 9.17) is 37.4 Å². The summed E-state index contributed by atoms with van der Waals surface area (Å²) in [4.78, 5) is 28.0. The first kappa shape index (κ1) is 26.4. The van der Waals surface area contributed by atoms with Gasteiger partial charge in [0.25, 0.3) is 11.7 Å². The van der Waals surface area contributed by atoms with Gasteiger partial charge in [0.05, 0.1) is 42.5 Å². The molecule has 7 nitrogen and oxygen atoms in total. The Kier molecular flexibility index (Phi) is 7.95. The maximum absolute atomic E-state index is 13.3. The fourth-order valence-corrected chi connectivity index (χ4v) is 4.92. The molecule has 1 fully saturated rings. The lowest BCUT2D eigenvalue weighted by atomic mass is 9.95. The van der Waals surface area contributed by atoms with Crippen molar-refractivity contribution in [3.8, 4) is 17.2 Å². The third-order valence-corrected chi connectivity index (χ3v) is 6.60. The van der Waals surface area contributed by atoms with Crippen LogP contribution >= 0.6 is 23.2 Å². The predicted molar refractivity (Wildman–Crippen MR) is 141 cm³/mol. The lowest BCUT2D eigenvalue weighted by molar-refractivity contribution is -0.140. The molecule has 37 heavy (non-hydrogen) atoms. The van der Waals surface area contributed by atoms with Gasteiger partial charge in [0.2, 0.25) is 0 Å². The van der Waals surface area contributed by atoms with Crippen molar-refractivity contribution >= 4 is 40.7 Å². The van der Waals surface area contributed by atoms with Crippen LogP contribution in [0.15, 0.2) is 66.2 Å². The Morgan fingerprint density at radius 1 is 0.919 bits per heavy atom. The standard InChI is InChI=1S/C28H25Cl2NO6/c1-4-37-20-9-5-16(6-10-20)15-31-24(17-7-11-19(35-2)12-8-17)23(26(33)28(31)34)25(32)18-13-21(29)27(36-3)22(30)14-18/h5-14,24,32H,4,15H2,1-3H3/b25-23+. The molecule has 0 aromatic heterocycles. The molecule has 4 rings (SSSR count). The van der Waals surface area contributed by atoms with E-state index in [2.05, 4.69) is 0 Å². The number of aliphatic hydroxyl groups is 1. The number of aliphatic hydroxyl groups excluding tert-OH is 1. The molecule has 0 spiro atoms. The fraction of sp³-hybridized carbons (Fsp3) is 0.214. The molecule has 3 aromatic carbocycles. The highest BCUT2D eigenvalue weighted by Crippen LogP contribution is 2.42. The van der Waals surface area contributed by atoms with Crippen molar-refractivity contribution in [3.63, 3.8) is 0 Å². The first-order valence-electron chi connectivity index (χ1n) is 11.5. The first-order valence-corrected chi connectivity index (χ1v) is 12.2. The van der Waals surface area contributed by atoms with E-state index in [0.29, 0.717) is 23.7 Å². The minimum absolute atomic E-state index is 0.0709. The van der Waals surface area contributed by atoms with E-state index in [9.17, 15) is 14.7 Å². The van der Waals surface area contributed by atoms with E-state index in [1.807, 2.05) is 19.1 Å². The van der Waals surface area contributed by atoms with Crippen LogP contribution < -0.4 is 14.2 Å². The van der Waals surface area contributed by atoms with Crippen molar-refractivity contribution in [2.45, 2.75) is 19.5 Å². The molecular formula is C28H25Cl2NO6. The number of carbonyl (C=O) groups is 2. The number of amides is 1. The van der Waals surface area contributed by atoms with E-state index in [1.54, 1.807) is 43.5 Å². The number of hydrogen-bond acceptors (Lipinski definition) is 6. The van der Waals surface area contributed by atoms with E-state index < -0.39 is 17.7 Å². The molecule has 0 radical (unpaired) electrons. The third-order valence-electron chi connectivity index (χ3n) is 6.03. The summed E-state index contributed by atoms with van der Waals surface area (Å²) in [5, 5.41) is 11.6. The van der Waals surface area contributed by atoms with Crippen molar-refractivity contribution in [2.24, 2.45) is 0 Å². The molecule has 1 N–H and O–H groups in total. The number of nitrogens with zero attached hydrogens (tertiary/aromatic N) is 1. The summed E-state index contributed by atoms with van der Waals surface area (Å²) in [6, 6.07) is 16.2. The highest BCUT2D eigenvalue weighted by Gasteiger charge is 2.46. The largest absolute Gasteiger partial charge is 0.507 e. The van der Waals surface area contributed by atoms with Crippen LogP contribution in [0.1, 0.15) is 29.7 Å². The number of Topliss-reactive ketones (excluding diaryl/α,β-unsaturated/α-hetero) is 1. The highest BCUT2D eigenvalue weighted by atomic mass is 35.5. The maximum atomic E-state index is 13.3. The number of carbonyl (C=O) groups excluding carboxylic acids is 2. The number of benzene rings is 3. The maximum Gasteiger partial charge on any atom is 0.295 e. The van der Waals surface area contributed by atoms with Gasteiger partial charge in [0.15, 0.2) is 5.75 Å². The molecule has 1 heterocycles. The van der Waals surface area contributed by atoms with Crippen molar-refractivity contribution < 1.29 is 28.9 Å². The normalized spacial score (nSPS) is 16.7. The van der Waals surface area contributed by atoms with Gasteiger partial charge in [0, 0.05) is 12.1 Å². The summed E-state index contributed by atoms with van der Waals surface area (Å²) < 4.78 is 15.9. The number of ketones is 1. The van der Waals surface area contributed by atoms with Gasteiger partial charge in [-0.25, -0.2) is 0 Å². The van der Waals surface area contributed by atoms with Gasteiger partial charge in [-0.05, 0) is 54.4 Å². The topological polar surface area (TPSA) is 85.3 Å². The van der Waals surface area contributed by atoms with Crippen LogP contribution in [0.2, 0.25) is 10.0 Å². The lowest BCUT2D eigenvalue weighted by Gasteiger charge is -2.25. The van der Waals surface area contributed by atoms with Crippen LogP contribution in [-0.2, 0) is 16.1 Å². The van der Waals surface area contributed by atoms with Crippen LogP contribution in [0.3, 0.4) is 0 Å². The zero-order chi connectivity index (χ0) is 26.7. The van der Waals surface area contributed by atoms with Crippen LogP contribution in [0.5, 0.6) is 17.2 Å². The highest BCUT2D eigenvalue weighted by molar-refractivity contribution is 6.46. The second-order valence-corrected chi connectivity index (χ2v) is 9.06. The quantitative estimate of drug-likeness (QED) is 0.213. The Balaban J connectivity index is 1.83. The second-order valence-electron chi connectivity index (χ2n) is 8.25. The SMILES string of the molecule is CCOc1ccc(CN2C(=O)C(=O)/C(=C(/O)c3cc(Cl)c(OC)c(Cl)c3)C2c2ccc(OC)cc2)cc1. The van der Waals surface area contributed by atoms with Crippen molar-refractivity contribution in [1.29, 1.82) is 0 Å². The molecule has 1 atom stereocenters. The predicted octanol–water partition coefficient (Wildman–Crippen LogP) is 6.03. The molecule has 0 saturated carbocycles. The fourth-order valence-electron chi connectivity index (χ4n) is 4.28. The molecular weight excluding hydrogens is 517 g/mol. The van der Waals surface area contributed by atoms with Gasteiger partial charge in [0.1, 0.15) is 17.3 Å². The smallest absolute Gasteiger partial charge is 0.295 e. The van der Waals surface area contributed by atoms with Gasteiger partial charge in [-0.2, -0.15) is 0 Å². The molecule has 1 saturated heterocycles. The second kappa shape index (κ2) is 11.2. The van der Waals surface area contributed by atoms with E-state index in [-0.39, 0.29) is 39.2 Å². The minimum Gasteiger partial charge on any atom is -0.507 e. The molecule has 192 valence electrons. The Morgan fingerprint density at radius 3 is 2.05 bits per heavy atom. The average molecular weight is 542 g/mol. The number of rotatable bonds is 8. The lowest BCUT2D eigenvalue weighted by Crippen LogP contribution is -2.29. The summed E-state index contributed by atoms with van der Waals surface area (Å²) in [7, 11) is 2.97. The van der Waals surface area contributed by atoms with Crippen LogP contribution in [0, 0.1) is 0 Å². The molecule has 1 amide bonds. The molecule has 9 heteroatoms. The first-order chi connectivity index (χ1) is 17.8. The molecule has 1 aliphatic rings. The summed E-state index contributed by atoms with van der Waals surface area (Å²) in [6.07, 6.45) is 0. The summed E-state index contributed by atoms with van der Waals surface area (Å²) in [5.74, 6) is -0.383. The van der Waals surface area contributed by atoms with Gasteiger partial charge < -0.3 is 24.2 Å². The molecule has 1 unspecified atom stereocenters. The number of methoxy groups -OCH3 is 2. The van der Waals surface area contributed by atoms with Crippen LogP contribution in [0.25, 0.3) is 5.76 Å². The average Bonchev–Trinajstić information content (AvgIpc) is 3.14. The van der Waals surface area contributed by atoms with Gasteiger partial charge >= 0.3 is 0 Å². The van der Waals surface area contributed by atoms with Gasteiger partial charge in [-0.3, -0.25) is 9.59 Å². The molecule has 0 aliphatic carbocycles. The zero-order valence-electron chi connectivity index (χ0n) is 20.5. The summed E-state index contributed by atoms with van der Waals surface area (Å²) >= 11 is 12.6. The van der Waals surface area contributed by atoms with Gasteiger partial charge in [-0.15, -0.1) is 0 Å². The van der Waals surface area contributed by atoms with Gasteiger partial charge in [-0.1, -0.05) is 47.5 Å². The summed E-state index contributed by atoms with van der Waals surface area (Å²) in [5.41, 5.74) is 1.53. The number of ether oxygens (including phenoxy) is 3. The number of hydrogen-bond donors (Lipinski definition) is 1. The van der Waals surface area contributed by atoms with Crippen molar-refractivity contribution in [3.05, 3.63) is 93.0 Å². The Morgan fingerprint density at radius 2 is 1.51 bits per heavy atom. The Bertz CT molecular complexity index is 1330. The third kappa shape index (κ3) is 5.24. The molecule has 3 aromatic rings. The minimum atomic E-state index is -0.864. The number of halogens is 2. The zero-order valence-corrected chi connectivity index (χ0v) is 22.0. The summed E-state index contributed by atoms with van der Waals surface area (Å²) in [6.45, 7) is 2.56. The van der Waals surface area contributed by atoms with E-state index in [1.165, 1.54) is 24.1 Å². The van der Waals surface area contributed by atoms with Crippen molar-refractivity contribution in [1.82, 2.24) is 4.90 Å². The molecule has 0 bridgehead atoms. The van der Waals surface area contributed by atoms with E-state index in [0.717, 1.165) is 5.56 Å². The van der Waals surface area contributed by atoms with Crippen LogP contribution in [-0.4, -0.2) is 42.5 Å². The Hall–Kier alpha value is -3.68.